The van der Waals surface area contributed by atoms with Gasteiger partial charge in [-0.1, -0.05) is 6.07 Å². The van der Waals surface area contributed by atoms with E-state index in [1.165, 1.54) is 6.33 Å². The van der Waals surface area contributed by atoms with Crippen LogP contribution in [0.2, 0.25) is 0 Å². The van der Waals surface area contributed by atoms with E-state index in [1.54, 1.807) is 32.2 Å². The van der Waals surface area contributed by atoms with E-state index in [1.807, 2.05) is 42.5 Å². The number of rotatable bonds is 14. The van der Waals surface area contributed by atoms with Gasteiger partial charge in [-0.3, -0.25) is 14.3 Å². The molecule has 0 unspecified atom stereocenters. The molecule has 4 aromatic rings. The SMILES string of the molecule is CCOP(=O)(CC(=O)Nc1cc2c(Nc3ccc(OCc4ccccn4)cc3)ncnc2cc1O[C@@H]1CCOC1)OCC. The normalized spacial score (nSPS) is 14.9. The molecule has 226 valence electrons. The van der Waals surface area contributed by atoms with Crippen molar-refractivity contribution < 1.29 is 32.6 Å². The fraction of sp³-hybridized carbons (Fsp3) is 0.333. The zero-order valence-corrected chi connectivity index (χ0v) is 24.9. The second-order valence-corrected chi connectivity index (χ2v) is 11.7. The Kier molecular flexibility index (Phi) is 10.2. The topological polar surface area (TPSA) is 143 Å². The lowest BCUT2D eigenvalue weighted by Gasteiger charge is -2.19. The van der Waals surface area contributed by atoms with Gasteiger partial charge < -0.3 is 33.9 Å². The lowest BCUT2D eigenvalue weighted by molar-refractivity contribution is -0.114. The number of anilines is 3. The van der Waals surface area contributed by atoms with E-state index < -0.39 is 19.7 Å². The van der Waals surface area contributed by atoms with Gasteiger partial charge in [0.1, 0.15) is 42.5 Å². The Morgan fingerprint density at radius 2 is 1.86 bits per heavy atom. The lowest BCUT2D eigenvalue weighted by Crippen LogP contribution is -2.21. The van der Waals surface area contributed by atoms with Gasteiger partial charge in [-0.15, -0.1) is 0 Å². The maximum Gasteiger partial charge on any atom is 0.340 e. The van der Waals surface area contributed by atoms with Gasteiger partial charge in [-0.05, 0) is 56.3 Å². The molecular formula is C30H34N5O7P. The first-order chi connectivity index (χ1) is 20.9. The van der Waals surface area contributed by atoms with Crippen molar-refractivity contribution in [1.29, 1.82) is 0 Å². The third kappa shape index (κ3) is 8.26. The second-order valence-electron chi connectivity index (χ2n) is 9.60. The maximum atomic E-state index is 13.1. The van der Waals surface area contributed by atoms with E-state index >= 15 is 0 Å². The van der Waals surface area contributed by atoms with Gasteiger partial charge in [0, 0.05) is 29.8 Å². The van der Waals surface area contributed by atoms with Gasteiger partial charge in [0.25, 0.3) is 0 Å². The van der Waals surface area contributed by atoms with Crippen LogP contribution in [-0.4, -0.2) is 59.6 Å². The molecule has 2 N–H and O–H groups in total. The van der Waals surface area contributed by atoms with Gasteiger partial charge in [-0.25, -0.2) is 9.97 Å². The Hall–Kier alpha value is -4.09. The summed E-state index contributed by atoms with van der Waals surface area (Å²) in [6.45, 7) is 5.09. The number of hydrogen-bond donors (Lipinski definition) is 2. The Bertz CT molecular complexity index is 1560. The minimum atomic E-state index is -3.61. The highest BCUT2D eigenvalue weighted by atomic mass is 31.2. The van der Waals surface area contributed by atoms with Gasteiger partial charge >= 0.3 is 7.60 Å². The van der Waals surface area contributed by atoms with Crippen LogP contribution in [0.5, 0.6) is 11.5 Å². The average Bonchev–Trinajstić information content (AvgIpc) is 3.51. The highest BCUT2D eigenvalue weighted by molar-refractivity contribution is 7.54. The zero-order chi connectivity index (χ0) is 30.1. The van der Waals surface area contributed by atoms with Crippen molar-refractivity contribution in [3.05, 3.63) is 72.8 Å². The monoisotopic (exact) mass is 607 g/mol. The van der Waals surface area contributed by atoms with Crippen molar-refractivity contribution in [2.75, 3.05) is 43.2 Å². The van der Waals surface area contributed by atoms with Gasteiger partial charge in [-0.2, -0.15) is 0 Å². The van der Waals surface area contributed by atoms with Crippen molar-refractivity contribution >= 4 is 41.6 Å². The predicted octanol–water partition coefficient (Wildman–Crippen LogP) is 5.72. The molecule has 2 aromatic heterocycles. The van der Waals surface area contributed by atoms with Crippen molar-refractivity contribution in [3.8, 4) is 11.5 Å². The molecule has 3 heterocycles. The Morgan fingerprint density at radius 3 is 2.56 bits per heavy atom. The third-order valence-corrected chi connectivity index (χ3v) is 8.39. The number of ether oxygens (including phenoxy) is 3. The second kappa shape index (κ2) is 14.4. The highest BCUT2D eigenvalue weighted by Crippen LogP contribution is 2.48. The summed E-state index contributed by atoms with van der Waals surface area (Å²) in [5.41, 5.74) is 2.59. The summed E-state index contributed by atoms with van der Waals surface area (Å²) < 4.78 is 41.1. The first-order valence-corrected chi connectivity index (χ1v) is 15.8. The Labute approximate surface area is 249 Å². The molecular weight excluding hydrogens is 573 g/mol. The molecule has 0 spiro atoms. The van der Waals surface area contributed by atoms with E-state index in [2.05, 4.69) is 25.6 Å². The molecule has 1 atom stereocenters. The summed E-state index contributed by atoms with van der Waals surface area (Å²) in [7, 11) is -3.61. The molecule has 1 aliphatic rings. The number of carbonyl (C=O) groups is 1. The van der Waals surface area contributed by atoms with Crippen LogP contribution in [0.25, 0.3) is 10.9 Å². The molecule has 12 nitrogen and oxygen atoms in total. The van der Waals surface area contributed by atoms with Crippen LogP contribution >= 0.6 is 7.60 Å². The molecule has 1 aliphatic heterocycles. The van der Waals surface area contributed by atoms with Gasteiger partial charge in [0.05, 0.1) is 43.3 Å². The first-order valence-electron chi connectivity index (χ1n) is 14.1. The van der Waals surface area contributed by atoms with E-state index in [9.17, 15) is 9.36 Å². The summed E-state index contributed by atoms with van der Waals surface area (Å²) >= 11 is 0. The summed E-state index contributed by atoms with van der Waals surface area (Å²) in [6.07, 6.45) is 3.28. The van der Waals surface area contributed by atoms with Crippen LogP contribution in [0.4, 0.5) is 17.2 Å². The molecule has 1 amide bonds. The molecule has 0 radical (unpaired) electrons. The average molecular weight is 608 g/mol. The molecule has 5 rings (SSSR count). The lowest BCUT2D eigenvalue weighted by atomic mass is 10.1. The summed E-state index contributed by atoms with van der Waals surface area (Å²) in [5.74, 6) is 1.10. The quantitative estimate of drug-likeness (QED) is 0.170. The van der Waals surface area contributed by atoms with Crippen LogP contribution in [0.15, 0.2) is 67.1 Å². The number of carbonyl (C=O) groups excluding carboxylic acids is 1. The molecule has 0 bridgehead atoms. The number of amides is 1. The van der Waals surface area contributed by atoms with Crippen LogP contribution < -0.4 is 20.1 Å². The minimum absolute atomic E-state index is 0.153. The van der Waals surface area contributed by atoms with Crippen LogP contribution in [-0.2, 0) is 29.8 Å². The van der Waals surface area contributed by atoms with Crippen LogP contribution in [0, 0.1) is 0 Å². The number of nitrogens with one attached hydrogen (secondary N) is 2. The number of nitrogens with zero attached hydrogens (tertiary/aromatic N) is 3. The fourth-order valence-electron chi connectivity index (χ4n) is 4.46. The molecule has 0 aliphatic carbocycles. The molecule has 0 saturated carbocycles. The Balaban J connectivity index is 1.37. The van der Waals surface area contributed by atoms with E-state index in [4.69, 9.17) is 23.3 Å². The van der Waals surface area contributed by atoms with Crippen LogP contribution in [0.1, 0.15) is 26.0 Å². The summed E-state index contributed by atoms with van der Waals surface area (Å²) in [4.78, 5) is 26.2. The predicted molar refractivity (Wildman–Crippen MR) is 162 cm³/mol. The number of fused-ring (bicyclic) bond motifs is 1. The molecule has 13 heteroatoms. The molecule has 1 fully saturated rings. The number of pyridine rings is 1. The van der Waals surface area contributed by atoms with E-state index in [0.717, 1.165) is 11.4 Å². The zero-order valence-electron chi connectivity index (χ0n) is 24.0. The van der Waals surface area contributed by atoms with E-state index in [0.29, 0.717) is 60.1 Å². The standard InChI is InChI=1S/C30H34N5O7P/c1-3-40-43(37,41-4-2)19-29(36)35-27-15-25-26(16-28(27)42-24-12-14-38-18-24)32-20-33-30(25)34-21-8-10-23(11-9-21)39-17-22-7-5-6-13-31-22/h5-11,13,15-16,20,24H,3-4,12,14,17-19H2,1-2H3,(H,35,36)(H,32,33,34)/t24-/m1/s1. The van der Waals surface area contributed by atoms with Gasteiger partial charge in [0.15, 0.2) is 0 Å². The number of aromatic nitrogens is 3. The first kappa shape index (κ1) is 30.4. The highest BCUT2D eigenvalue weighted by Gasteiger charge is 2.29. The van der Waals surface area contributed by atoms with Crippen molar-refractivity contribution in [2.24, 2.45) is 0 Å². The number of hydrogen-bond acceptors (Lipinski definition) is 11. The van der Waals surface area contributed by atoms with Crippen molar-refractivity contribution in [3.63, 3.8) is 0 Å². The van der Waals surface area contributed by atoms with Crippen molar-refractivity contribution in [1.82, 2.24) is 15.0 Å². The largest absolute Gasteiger partial charge is 0.487 e. The minimum Gasteiger partial charge on any atom is -0.487 e. The number of benzene rings is 2. The molecule has 1 saturated heterocycles. The van der Waals surface area contributed by atoms with E-state index in [-0.39, 0.29) is 19.3 Å². The smallest absolute Gasteiger partial charge is 0.340 e. The Morgan fingerprint density at radius 1 is 1.05 bits per heavy atom. The van der Waals surface area contributed by atoms with Crippen LogP contribution in [0.3, 0.4) is 0 Å². The summed E-state index contributed by atoms with van der Waals surface area (Å²) in [6, 6.07) is 16.6. The molecule has 2 aromatic carbocycles. The summed E-state index contributed by atoms with van der Waals surface area (Å²) in [5, 5.41) is 6.79. The van der Waals surface area contributed by atoms with Crippen molar-refractivity contribution in [2.45, 2.75) is 33.0 Å². The molecule has 43 heavy (non-hydrogen) atoms. The third-order valence-electron chi connectivity index (χ3n) is 6.41. The fourth-order valence-corrected chi connectivity index (χ4v) is 5.94. The maximum absolute atomic E-state index is 13.1. The van der Waals surface area contributed by atoms with Gasteiger partial charge in [0.2, 0.25) is 5.91 Å².